The third kappa shape index (κ3) is 4.90. The van der Waals surface area contributed by atoms with Gasteiger partial charge in [-0.1, -0.05) is 0 Å². The van der Waals surface area contributed by atoms with E-state index in [1.54, 1.807) is 12.4 Å². The Labute approximate surface area is 92.8 Å². The van der Waals surface area contributed by atoms with E-state index in [9.17, 15) is 14.7 Å². The van der Waals surface area contributed by atoms with Crippen molar-refractivity contribution in [1.82, 2.24) is 10.3 Å². The number of carbonyl (C=O) groups excluding carboxylic acids is 2. The topological polar surface area (TPSA) is 82.1 Å². The Balaban J connectivity index is 2.26. The van der Waals surface area contributed by atoms with Gasteiger partial charge in [-0.2, -0.15) is 0 Å². The number of carboxylic acids is 1. The molecule has 1 heterocycles. The largest absolute Gasteiger partial charge is 0.545 e. The summed E-state index contributed by atoms with van der Waals surface area (Å²) in [5.41, 5.74) is 1.05. The molecule has 1 aromatic heterocycles. The number of carbonyl (C=O) groups is 2. The first kappa shape index (κ1) is 11.9. The third-order valence-corrected chi connectivity index (χ3v) is 1.83. The fourth-order valence-electron chi connectivity index (χ4n) is 1.08. The number of hydrogen-bond donors (Lipinski definition) is 1. The highest BCUT2D eigenvalue weighted by Crippen LogP contribution is 1.95. The van der Waals surface area contributed by atoms with Crippen LogP contribution in [0.25, 0.3) is 0 Å². The van der Waals surface area contributed by atoms with Gasteiger partial charge in [0.2, 0.25) is 5.91 Å². The molecule has 0 saturated carbocycles. The van der Waals surface area contributed by atoms with Gasteiger partial charge >= 0.3 is 0 Å². The average molecular weight is 219 g/mol. The molecule has 0 aliphatic heterocycles. The fourth-order valence-corrected chi connectivity index (χ4v) is 1.08. The van der Waals surface area contributed by atoms with Gasteiger partial charge in [-0.25, -0.2) is 0 Å². The van der Waals surface area contributed by atoms with Crippen LogP contribution in [0.2, 0.25) is 0 Å². The summed E-state index contributed by atoms with van der Waals surface area (Å²) in [6, 6.07) is 3.70. The SMILES string of the molecule is O=C([O-])C=CC(=O)NCCc1ccncc1. The summed E-state index contributed by atoms with van der Waals surface area (Å²) in [5.74, 6) is -1.83. The normalized spacial score (nSPS) is 10.2. The second kappa shape index (κ2) is 6.34. The first-order chi connectivity index (χ1) is 7.68. The summed E-state index contributed by atoms with van der Waals surface area (Å²) in [4.78, 5) is 24.9. The van der Waals surface area contributed by atoms with E-state index in [0.717, 1.165) is 11.6 Å². The molecule has 0 aliphatic rings. The molecule has 0 fully saturated rings. The molecule has 0 bridgehead atoms. The molecule has 0 spiro atoms. The van der Waals surface area contributed by atoms with Gasteiger partial charge in [-0.15, -0.1) is 0 Å². The molecule has 0 atom stereocenters. The van der Waals surface area contributed by atoms with Gasteiger partial charge < -0.3 is 15.2 Å². The molecule has 0 saturated heterocycles. The van der Waals surface area contributed by atoms with Crippen LogP contribution in [0.4, 0.5) is 0 Å². The Hall–Kier alpha value is -2.17. The Bertz CT molecular complexity index is 387. The van der Waals surface area contributed by atoms with Crippen molar-refractivity contribution in [2.45, 2.75) is 6.42 Å². The molecule has 16 heavy (non-hydrogen) atoms. The molecule has 0 aliphatic carbocycles. The zero-order valence-corrected chi connectivity index (χ0v) is 8.55. The van der Waals surface area contributed by atoms with Crippen LogP contribution in [0.1, 0.15) is 5.56 Å². The van der Waals surface area contributed by atoms with Crippen molar-refractivity contribution in [3.63, 3.8) is 0 Å². The minimum Gasteiger partial charge on any atom is -0.545 e. The predicted octanol–water partition coefficient (Wildman–Crippen LogP) is -0.954. The number of carboxylic acid groups (broad SMARTS) is 1. The molecule has 5 heteroatoms. The van der Waals surface area contributed by atoms with Gasteiger partial charge in [-0.3, -0.25) is 9.78 Å². The second-order valence-corrected chi connectivity index (χ2v) is 3.05. The number of aliphatic carboxylic acids is 1. The lowest BCUT2D eigenvalue weighted by Gasteiger charge is -2.02. The van der Waals surface area contributed by atoms with E-state index in [1.165, 1.54) is 0 Å². The lowest BCUT2D eigenvalue weighted by Crippen LogP contribution is -2.25. The van der Waals surface area contributed by atoms with Crippen molar-refractivity contribution in [3.05, 3.63) is 42.2 Å². The monoisotopic (exact) mass is 219 g/mol. The van der Waals surface area contributed by atoms with E-state index in [2.05, 4.69) is 10.3 Å². The van der Waals surface area contributed by atoms with Gasteiger partial charge in [0.15, 0.2) is 0 Å². The highest BCUT2D eigenvalue weighted by Gasteiger charge is 1.95. The molecule has 1 N–H and O–H groups in total. The molecular weight excluding hydrogens is 208 g/mol. The maximum absolute atomic E-state index is 11.0. The Kier molecular flexibility index (Phi) is 4.72. The van der Waals surface area contributed by atoms with Gasteiger partial charge in [0.1, 0.15) is 0 Å². The van der Waals surface area contributed by atoms with Crippen LogP contribution in [-0.2, 0) is 16.0 Å². The Morgan fingerprint density at radius 3 is 2.62 bits per heavy atom. The van der Waals surface area contributed by atoms with E-state index in [1.807, 2.05) is 12.1 Å². The highest BCUT2D eigenvalue weighted by atomic mass is 16.4. The second-order valence-electron chi connectivity index (χ2n) is 3.05. The number of nitrogens with one attached hydrogen (secondary N) is 1. The third-order valence-electron chi connectivity index (χ3n) is 1.83. The van der Waals surface area contributed by atoms with Crippen LogP contribution < -0.4 is 10.4 Å². The van der Waals surface area contributed by atoms with E-state index < -0.39 is 11.9 Å². The van der Waals surface area contributed by atoms with E-state index in [4.69, 9.17) is 0 Å². The summed E-state index contributed by atoms with van der Waals surface area (Å²) in [7, 11) is 0. The lowest BCUT2D eigenvalue weighted by molar-refractivity contribution is -0.297. The zero-order chi connectivity index (χ0) is 11.8. The summed E-state index contributed by atoms with van der Waals surface area (Å²) in [6.45, 7) is 0.445. The molecule has 1 rings (SSSR count). The van der Waals surface area contributed by atoms with Gasteiger partial charge in [0.25, 0.3) is 0 Å². The van der Waals surface area contributed by atoms with Crippen LogP contribution in [0, 0.1) is 0 Å². The molecule has 1 amide bonds. The van der Waals surface area contributed by atoms with Crippen molar-refractivity contribution in [1.29, 1.82) is 0 Å². The van der Waals surface area contributed by atoms with Crippen LogP contribution in [0.3, 0.4) is 0 Å². The maximum atomic E-state index is 11.0. The highest BCUT2D eigenvalue weighted by molar-refractivity contribution is 5.93. The number of pyridine rings is 1. The lowest BCUT2D eigenvalue weighted by atomic mass is 10.2. The molecule has 0 unspecified atom stereocenters. The first-order valence-electron chi connectivity index (χ1n) is 4.74. The first-order valence-corrected chi connectivity index (χ1v) is 4.74. The zero-order valence-electron chi connectivity index (χ0n) is 8.55. The molecule has 1 aromatic rings. The van der Waals surface area contributed by atoms with Crippen molar-refractivity contribution >= 4 is 11.9 Å². The number of rotatable bonds is 5. The molecule has 0 aromatic carbocycles. The van der Waals surface area contributed by atoms with Gasteiger partial charge in [0.05, 0.1) is 5.97 Å². The van der Waals surface area contributed by atoms with Crippen molar-refractivity contribution < 1.29 is 14.7 Å². The van der Waals surface area contributed by atoms with E-state index in [-0.39, 0.29) is 0 Å². The predicted molar refractivity (Wildman–Crippen MR) is 55.1 cm³/mol. The minimum atomic E-state index is -1.38. The maximum Gasteiger partial charge on any atom is 0.244 e. The van der Waals surface area contributed by atoms with Crippen LogP contribution in [0.15, 0.2) is 36.7 Å². The molecule has 84 valence electrons. The van der Waals surface area contributed by atoms with Crippen LogP contribution >= 0.6 is 0 Å². The summed E-state index contributed by atoms with van der Waals surface area (Å²) in [5, 5.41) is 12.6. The van der Waals surface area contributed by atoms with Crippen molar-refractivity contribution in [2.24, 2.45) is 0 Å². The smallest absolute Gasteiger partial charge is 0.244 e. The number of aromatic nitrogens is 1. The number of amides is 1. The fraction of sp³-hybridized carbons (Fsp3) is 0.182. The summed E-state index contributed by atoms with van der Waals surface area (Å²) >= 11 is 0. The summed E-state index contributed by atoms with van der Waals surface area (Å²) in [6.07, 6.45) is 5.65. The molecular formula is C11H11N2O3-. The Morgan fingerprint density at radius 2 is 2.00 bits per heavy atom. The van der Waals surface area contributed by atoms with Crippen molar-refractivity contribution in [2.75, 3.05) is 6.54 Å². The minimum absolute atomic E-state index is 0.445. The quantitative estimate of drug-likeness (QED) is 0.647. The van der Waals surface area contributed by atoms with Crippen LogP contribution in [0.5, 0.6) is 0 Å². The van der Waals surface area contributed by atoms with Crippen molar-refractivity contribution in [3.8, 4) is 0 Å². The molecule has 5 nitrogen and oxygen atoms in total. The van der Waals surface area contributed by atoms with Gasteiger partial charge in [-0.05, 0) is 30.2 Å². The van der Waals surface area contributed by atoms with E-state index in [0.29, 0.717) is 19.0 Å². The Morgan fingerprint density at radius 1 is 1.31 bits per heavy atom. The average Bonchev–Trinajstić information content (AvgIpc) is 2.28. The summed E-state index contributed by atoms with van der Waals surface area (Å²) < 4.78 is 0. The van der Waals surface area contributed by atoms with E-state index >= 15 is 0 Å². The van der Waals surface area contributed by atoms with Gasteiger partial charge in [0, 0.05) is 25.0 Å². The molecule has 0 radical (unpaired) electrons. The number of hydrogen-bond acceptors (Lipinski definition) is 4. The van der Waals surface area contributed by atoms with Crippen LogP contribution in [-0.4, -0.2) is 23.4 Å². The number of nitrogens with zero attached hydrogens (tertiary/aromatic N) is 1. The standard InChI is InChI=1S/C11H12N2O3/c14-10(1-2-11(15)16)13-8-5-9-3-6-12-7-4-9/h1-4,6-7H,5,8H2,(H,13,14)(H,15,16)/p-1.